The molecule has 0 saturated carbocycles. The van der Waals surface area contributed by atoms with Crippen molar-refractivity contribution in [3.8, 4) is 0 Å². The van der Waals surface area contributed by atoms with Crippen molar-refractivity contribution in [3.63, 3.8) is 0 Å². The van der Waals surface area contributed by atoms with Crippen LogP contribution in [0.5, 0.6) is 0 Å². The molecule has 4 heteroatoms. The molecule has 108 valence electrons. The minimum absolute atomic E-state index is 0.194. The number of hydrogen-bond acceptors (Lipinski definition) is 3. The lowest BCUT2D eigenvalue weighted by atomic mass is 10.0. The fraction of sp³-hybridized carbons (Fsp3) is 0.235. The third-order valence-electron chi connectivity index (χ3n) is 3.84. The monoisotopic (exact) mass is 300 g/mol. The van der Waals surface area contributed by atoms with Crippen molar-refractivity contribution in [1.82, 2.24) is 0 Å². The van der Waals surface area contributed by atoms with E-state index in [1.54, 1.807) is 24.3 Å². The maximum Gasteiger partial charge on any atom is 0.185 e. The van der Waals surface area contributed by atoms with Crippen LogP contribution in [-0.4, -0.2) is 20.0 Å². The minimum Gasteiger partial charge on any atom is -0.293 e. The third-order valence-corrected chi connectivity index (χ3v) is 5.48. The number of Topliss-reactive ketones (excluding diaryl/α,β-unsaturated/α-hetero) is 1. The molecule has 0 amide bonds. The van der Waals surface area contributed by atoms with Gasteiger partial charge in [-0.05, 0) is 48.6 Å². The number of sulfone groups is 1. The number of aryl methyl sites for hydroxylation is 2. The quantitative estimate of drug-likeness (QED) is 0.816. The van der Waals surface area contributed by atoms with E-state index in [1.165, 1.54) is 23.3 Å². The van der Waals surface area contributed by atoms with E-state index in [-0.39, 0.29) is 10.7 Å². The molecule has 0 radical (unpaired) electrons. The topological polar surface area (TPSA) is 51.2 Å². The largest absolute Gasteiger partial charge is 0.293 e. The molecule has 2 aromatic rings. The zero-order chi connectivity index (χ0) is 14.9. The fourth-order valence-electron chi connectivity index (χ4n) is 2.71. The maximum atomic E-state index is 12.3. The van der Waals surface area contributed by atoms with Crippen LogP contribution in [0, 0.1) is 0 Å². The Morgan fingerprint density at radius 1 is 0.952 bits per heavy atom. The highest BCUT2D eigenvalue weighted by Crippen LogP contribution is 2.23. The van der Waals surface area contributed by atoms with Crippen LogP contribution in [0.4, 0.5) is 0 Å². The molecule has 0 heterocycles. The van der Waals surface area contributed by atoms with Crippen LogP contribution in [0.2, 0.25) is 0 Å². The Morgan fingerprint density at radius 3 is 2.43 bits per heavy atom. The minimum atomic E-state index is -3.57. The molecule has 1 aliphatic carbocycles. The van der Waals surface area contributed by atoms with E-state index >= 15 is 0 Å². The molecule has 0 saturated heterocycles. The van der Waals surface area contributed by atoms with Crippen LogP contribution < -0.4 is 0 Å². The highest BCUT2D eigenvalue weighted by atomic mass is 32.2. The van der Waals surface area contributed by atoms with Crippen molar-refractivity contribution in [1.29, 1.82) is 0 Å². The van der Waals surface area contributed by atoms with Crippen molar-refractivity contribution >= 4 is 15.6 Å². The van der Waals surface area contributed by atoms with E-state index in [1.807, 2.05) is 12.1 Å². The summed E-state index contributed by atoms with van der Waals surface area (Å²) in [6, 6.07) is 13.7. The van der Waals surface area contributed by atoms with Crippen LogP contribution in [0.25, 0.3) is 0 Å². The van der Waals surface area contributed by atoms with Gasteiger partial charge in [-0.3, -0.25) is 4.79 Å². The number of carbonyl (C=O) groups is 1. The van der Waals surface area contributed by atoms with Crippen molar-refractivity contribution in [2.24, 2.45) is 0 Å². The summed E-state index contributed by atoms with van der Waals surface area (Å²) >= 11 is 0. The standard InChI is InChI=1S/C17H16O3S/c18-17(12-21(19,20)16-7-2-1-3-8-16)15-10-9-13-5-4-6-14(13)11-15/h1-3,7-11H,4-6,12H2. The van der Waals surface area contributed by atoms with Gasteiger partial charge < -0.3 is 0 Å². The zero-order valence-corrected chi connectivity index (χ0v) is 12.4. The Kier molecular flexibility index (Phi) is 3.64. The van der Waals surface area contributed by atoms with Gasteiger partial charge in [-0.2, -0.15) is 0 Å². The van der Waals surface area contributed by atoms with Gasteiger partial charge >= 0.3 is 0 Å². The van der Waals surface area contributed by atoms with Gasteiger partial charge in [0.05, 0.1) is 4.90 Å². The summed E-state index contributed by atoms with van der Waals surface area (Å²) in [7, 11) is -3.57. The highest BCUT2D eigenvalue weighted by Gasteiger charge is 2.21. The van der Waals surface area contributed by atoms with Crippen LogP contribution in [0.3, 0.4) is 0 Å². The van der Waals surface area contributed by atoms with Crippen molar-refractivity contribution in [3.05, 3.63) is 65.2 Å². The second-order valence-corrected chi connectivity index (χ2v) is 7.32. The van der Waals surface area contributed by atoms with Gasteiger partial charge in [-0.1, -0.05) is 30.3 Å². The number of carbonyl (C=O) groups excluding carboxylic acids is 1. The summed E-state index contributed by atoms with van der Waals surface area (Å²) in [6.07, 6.45) is 3.13. The second kappa shape index (κ2) is 5.45. The molecule has 0 bridgehead atoms. The third kappa shape index (κ3) is 2.90. The molecule has 3 nitrogen and oxygen atoms in total. The normalized spacial score (nSPS) is 13.9. The molecule has 0 atom stereocenters. The molecule has 0 aromatic heterocycles. The van der Waals surface area contributed by atoms with Crippen LogP contribution in [0.1, 0.15) is 27.9 Å². The van der Waals surface area contributed by atoms with Gasteiger partial charge in [0.25, 0.3) is 0 Å². The first-order valence-corrected chi connectivity index (χ1v) is 8.64. The number of rotatable bonds is 4. The summed E-state index contributed by atoms with van der Waals surface area (Å²) in [5.74, 6) is -0.816. The smallest absolute Gasteiger partial charge is 0.185 e. The molecule has 3 rings (SSSR count). The first-order valence-electron chi connectivity index (χ1n) is 6.99. The zero-order valence-electron chi connectivity index (χ0n) is 11.6. The van der Waals surface area contributed by atoms with Gasteiger partial charge in [0, 0.05) is 5.56 Å². The first-order chi connectivity index (χ1) is 10.1. The van der Waals surface area contributed by atoms with E-state index in [0.717, 1.165) is 19.3 Å². The van der Waals surface area contributed by atoms with Gasteiger partial charge in [0.15, 0.2) is 15.6 Å². The molecule has 0 unspecified atom stereocenters. The molecule has 1 aliphatic rings. The van der Waals surface area contributed by atoms with E-state index in [9.17, 15) is 13.2 Å². The molecule has 21 heavy (non-hydrogen) atoms. The predicted octanol–water partition coefficient (Wildman–Crippen LogP) is 2.83. The number of fused-ring (bicyclic) bond motifs is 1. The molecule has 2 aromatic carbocycles. The van der Waals surface area contributed by atoms with E-state index in [2.05, 4.69) is 0 Å². The van der Waals surface area contributed by atoms with Gasteiger partial charge in [-0.25, -0.2) is 8.42 Å². The summed E-state index contributed by atoms with van der Waals surface area (Å²) < 4.78 is 24.5. The Balaban J connectivity index is 1.84. The van der Waals surface area contributed by atoms with Gasteiger partial charge in [0.1, 0.15) is 5.75 Å². The van der Waals surface area contributed by atoms with Crippen LogP contribution in [-0.2, 0) is 22.7 Å². The summed E-state index contributed by atoms with van der Waals surface area (Å²) in [4.78, 5) is 12.4. The maximum absolute atomic E-state index is 12.3. The molecule has 0 spiro atoms. The molecule has 0 fully saturated rings. The summed E-state index contributed by atoms with van der Waals surface area (Å²) in [5.41, 5.74) is 2.95. The van der Waals surface area contributed by atoms with E-state index in [0.29, 0.717) is 5.56 Å². The molecule has 0 N–H and O–H groups in total. The predicted molar refractivity (Wildman–Crippen MR) is 81.3 cm³/mol. The second-order valence-electron chi connectivity index (χ2n) is 5.33. The fourth-order valence-corrected chi connectivity index (χ4v) is 3.96. The molecular formula is C17H16O3S. The highest BCUT2D eigenvalue weighted by molar-refractivity contribution is 7.92. The van der Waals surface area contributed by atoms with Gasteiger partial charge in [-0.15, -0.1) is 0 Å². The van der Waals surface area contributed by atoms with Crippen LogP contribution >= 0.6 is 0 Å². The summed E-state index contributed by atoms with van der Waals surface area (Å²) in [5, 5.41) is 0. The number of hydrogen-bond donors (Lipinski definition) is 0. The SMILES string of the molecule is O=C(CS(=O)(=O)c1ccccc1)c1ccc2c(c1)CCC2. The van der Waals surface area contributed by atoms with Crippen LogP contribution in [0.15, 0.2) is 53.4 Å². The Hall–Kier alpha value is -1.94. The van der Waals surface area contributed by atoms with Gasteiger partial charge in [0.2, 0.25) is 0 Å². The Labute approximate surface area is 124 Å². The molecule has 0 aliphatic heterocycles. The van der Waals surface area contributed by atoms with Crippen molar-refractivity contribution in [2.75, 3.05) is 5.75 Å². The lowest BCUT2D eigenvalue weighted by Crippen LogP contribution is -2.16. The Morgan fingerprint density at radius 2 is 1.67 bits per heavy atom. The molecular weight excluding hydrogens is 284 g/mol. The van der Waals surface area contributed by atoms with E-state index in [4.69, 9.17) is 0 Å². The Bertz CT molecular complexity index is 777. The average molecular weight is 300 g/mol. The lowest BCUT2D eigenvalue weighted by molar-refractivity contribution is 0.102. The number of ketones is 1. The summed E-state index contributed by atoms with van der Waals surface area (Å²) in [6.45, 7) is 0. The van der Waals surface area contributed by atoms with Crippen molar-refractivity contribution in [2.45, 2.75) is 24.2 Å². The lowest BCUT2D eigenvalue weighted by Gasteiger charge is -2.06. The van der Waals surface area contributed by atoms with Crippen molar-refractivity contribution < 1.29 is 13.2 Å². The first kappa shape index (κ1) is 14.0. The van der Waals surface area contributed by atoms with E-state index < -0.39 is 15.6 Å². The number of benzene rings is 2. The average Bonchev–Trinajstić information content (AvgIpc) is 2.95.